The predicted molar refractivity (Wildman–Crippen MR) is 138 cm³/mol. The number of aryl methyl sites for hydroxylation is 1. The van der Waals surface area contributed by atoms with Gasteiger partial charge in [-0.25, -0.2) is 9.69 Å². The monoisotopic (exact) mass is 475 g/mol. The van der Waals surface area contributed by atoms with E-state index in [0.717, 1.165) is 29.0 Å². The lowest BCUT2D eigenvalue weighted by atomic mass is 9.79. The summed E-state index contributed by atoms with van der Waals surface area (Å²) in [5, 5.41) is 2.31. The summed E-state index contributed by atoms with van der Waals surface area (Å²) in [6, 6.07) is 10.2. The summed E-state index contributed by atoms with van der Waals surface area (Å²) < 4.78 is 5.51. The number of anilines is 2. The van der Waals surface area contributed by atoms with Gasteiger partial charge in [-0.15, -0.1) is 0 Å². The first-order valence-corrected chi connectivity index (χ1v) is 12.1. The van der Waals surface area contributed by atoms with E-state index in [-0.39, 0.29) is 11.1 Å². The molecule has 0 saturated carbocycles. The quantitative estimate of drug-likeness (QED) is 0.477. The van der Waals surface area contributed by atoms with Crippen molar-refractivity contribution >= 4 is 35.3 Å². The van der Waals surface area contributed by atoms with Crippen LogP contribution in [0.1, 0.15) is 63.6 Å². The lowest BCUT2D eigenvalue weighted by Gasteiger charge is -2.47. The summed E-state index contributed by atoms with van der Waals surface area (Å²) >= 11 is 0. The number of nitrogens with zero attached hydrogens (tertiary/aromatic N) is 2. The van der Waals surface area contributed by atoms with Gasteiger partial charge in [0.15, 0.2) is 0 Å². The number of ether oxygens (including phenoxy) is 1. The van der Waals surface area contributed by atoms with Gasteiger partial charge in [0.1, 0.15) is 11.3 Å². The Balaban J connectivity index is 1.76. The molecule has 4 amide bonds. The van der Waals surface area contributed by atoms with Crippen LogP contribution in [-0.4, -0.2) is 36.5 Å². The van der Waals surface area contributed by atoms with E-state index < -0.39 is 17.8 Å². The maximum Gasteiger partial charge on any atom is 0.335 e. The summed E-state index contributed by atoms with van der Waals surface area (Å²) in [4.78, 5) is 42.1. The normalized spacial score (nSPS) is 20.7. The number of benzene rings is 2. The third-order valence-electron chi connectivity index (χ3n) is 6.88. The first-order valence-electron chi connectivity index (χ1n) is 12.1. The van der Waals surface area contributed by atoms with Crippen LogP contribution in [0.25, 0.3) is 6.08 Å². The Morgan fingerprint density at radius 3 is 2.57 bits per heavy atom. The van der Waals surface area contributed by atoms with Gasteiger partial charge in [0.25, 0.3) is 11.8 Å². The van der Waals surface area contributed by atoms with Crippen molar-refractivity contribution in [2.45, 2.75) is 59.4 Å². The van der Waals surface area contributed by atoms with Gasteiger partial charge in [0, 0.05) is 23.8 Å². The summed E-state index contributed by atoms with van der Waals surface area (Å²) in [7, 11) is 0. The fourth-order valence-electron chi connectivity index (χ4n) is 5.33. The van der Waals surface area contributed by atoms with Gasteiger partial charge < -0.3 is 9.64 Å². The highest BCUT2D eigenvalue weighted by Gasteiger charge is 2.38. The Morgan fingerprint density at radius 2 is 1.89 bits per heavy atom. The van der Waals surface area contributed by atoms with Crippen LogP contribution in [0.3, 0.4) is 0 Å². The molecule has 0 bridgehead atoms. The minimum absolute atomic E-state index is 0.0453. The molecule has 7 nitrogen and oxygen atoms in total. The number of hydrogen-bond acceptors (Lipinski definition) is 5. The fourth-order valence-corrected chi connectivity index (χ4v) is 5.33. The molecule has 0 spiro atoms. The van der Waals surface area contributed by atoms with Gasteiger partial charge in [-0.3, -0.25) is 14.9 Å². The third kappa shape index (κ3) is 4.43. The number of urea groups is 1. The maximum absolute atomic E-state index is 13.4. The van der Waals surface area contributed by atoms with E-state index in [1.165, 1.54) is 11.3 Å². The van der Waals surface area contributed by atoms with Gasteiger partial charge in [-0.1, -0.05) is 13.0 Å². The topological polar surface area (TPSA) is 79.0 Å². The molecule has 2 heterocycles. The van der Waals surface area contributed by atoms with Crippen LogP contribution in [0.5, 0.6) is 5.75 Å². The Kier molecular flexibility index (Phi) is 6.45. The van der Waals surface area contributed by atoms with Crippen molar-refractivity contribution in [1.82, 2.24) is 5.32 Å². The second-order valence-corrected chi connectivity index (χ2v) is 9.82. The lowest BCUT2D eigenvalue weighted by Crippen LogP contribution is -2.54. The van der Waals surface area contributed by atoms with Crippen LogP contribution in [0.2, 0.25) is 0 Å². The zero-order chi connectivity index (χ0) is 25.5. The minimum atomic E-state index is -0.776. The molecule has 7 heteroatoms. The number of rotatable bonds is 5. The van der Waals surface area contributed by atoms with Crippen LogP contribution in [0.4, 0.5) is 16.2 Å². The van der Waals surface area contributed by atoms with E-state index in [4.69, 9.17) is 4.74 Å². The lowest BCUT2D eigenvalue weighted by molar-refractivity contribution is -0.122. The number of hydrogen-bond donors (Lipinski definition) is 1. The molecule has 2 aromatic carbocycles. The van der Waals surface area contributed by atoms with E-state index in [0.29, 0.717) is 24.0 Å². The molecule has 2 aliphatic heterocycles. The predicted octanol–water partition coefficient (Wildman–Crippen LogP) is 5.17. The SMILES string of the molecule is CCOc1cccc(N2C(=O)NC(=O)/C(=C\c3cc4c(cc3C)N(CC)C(C)(C)C[C@@H]4C)C2=O)c1. The van der Waals surface area contributed by atoms with Crippen molar-refractivity contribution in [2.24, 2.45) is 0 Å². The van der Waals surface area contributed by atoms with E-state index in [2.05, 4.69) is 50.0 Å². The number of barbiturate groups is 1. The van der Waals surface area contributed by atoms with Gasteiger partial charge in [-0.2, -0.15) is 0 Å². The minimum Gasteiger partial charge on any atom is -0.494 e. The second kappa shape index (κ2) is 9.21. The van der Waals surface area contributed by atoms with E-state index in [9.17, 15) is 14.4 Å². The van der Waals surface area contributed by atoms with Crippen LogP contribution in [-0.2, 0) is 9.59 Å². The number of amides is 4. The van der Waals surface area contributed by atoms with Gasteiger partial charge in [-0.05, 0) is 94.0 Å². The molecule has 35 heavy (non-hydrogen) atoms. The number of imide groups is 2. The Hall–Kier alpha value is -3.61. The zero-order valence-electron chi connectivity index (χ0n) is 21.3. The molecule has 1 fully saturated rings. The van der Waals surface area contributed by atoms with Gasteiger partial charge in [0.2, 0.25) is 0 Å². The molecule has 1 atom stereocenters. The van der Waals surface area contributed by atoms with Crippen LogP contribution < -0.4 is 19.9 Å². The average molecular weight is 476 g/mol. The van der Waals surface area contributed by atoms with E-state index in [1.54, 1.807) is 30.3 Å². The van der Waals surface area contributed by atoms with Crippen molar-refractivity contribution in [3.8, 4) is 5.75 Å². The van der Waals surface area contributed by atoms with E-state index >= 15 is 0 Å². The number of carbonyl (C=O) groups excluding carboxylic acids is 3. The molecule has 0 aromatic heterocycles. The molecule has 0 radical (unpaired) electrons. The van der Waals surface area contributed by atoms with Crippen molar-refractivity contribution in [3.05, 3.63) is 58.7 Å². The standard InChI is InChI=1S/C28H33N3O4/c1-7-30-24-12-17(3)19(13-22(24)18(4)16-28(30,5)6)14-23-25(32)29-27(34)31(26(23)33)20-10-9-11-21(15-20)35-8-2/h9-15,18H,7-8,16H2,1-6H3,(H,29,32,34)/b23-14+/t18-/m0/s1. The fraction of sp³-hybridized carbons (Fsp3) is 0.393. The maximum atomic E-state index is 13.4. The summed E-state index contributed by atoms with van der Waals surface area (Å²) in [5.41, 5.74) is 4.46. The molecule has 0 unspecified atom stereocenters. The Labute approximate surface area is 206 Å². The van der Waals surface area contributed by atoms with Crippen molar-refractivity contribution < 1.29 is 19.1 Å². The third-order valence-corrected chi connectivity index (χ3v) is 6.88. The molecule has 2 aromatic rings. The Morgan fingerprint density at radius 1 is 1.14 bits per heavy atom. The highest BCUT2D eigenvalue weighted by atomic mass is 16.5. The molecule has 1 N–H and O–H groups in total. The summed E-state index contributed by atoms with van der Waals surface area (Å²) in [5.74, 6) is -0.487. The first-order chi connectivity index (χ1) is 16.6. The van der Waals surface area contributed by atoms with Crippen molar-refractivity contribution in [2.75, 3.05) is 23.0 Å². The largest absolute Gasteiger partial charge is 0.494 e. The Bertz CT molecular complexity index is 1230. The molecule has 1 saturated heterocycles. The van der Waals surface area contributed by atoms with Crippen LogP contribution in [0, 0.1) is 6.92 Å². The number of fused-ring (bicyclic) bond motifs is 1. The smallest absolute Gasteiger partial charge is 0.335 e. The average Bonchev–Trinajstić information content (AvgIpc) is 2.77. The van der Waals surface area contributed by atoms with Crippen LogP contribution in [0.15, 0.2) is 42.0 Å². The molecule has 184 valence electrons. The van der Waals surface area contributed by atoms with Gasteiger partial charge >= 0.3 is 6.03 Å². The summed E-state index contributed by atoms with van der Waals surface area (Å²) in [6.07, 6.45) is 2.60. The second-order valence-electron chi connectivity index (χ2n) is 9.82. The molecule has 4 rings (SSSR count). The number of carbonyl (C=O) groups is 3. The van der Waals surface area contributed by atoms with E-state index in [1.807, 2.05) is 13.8 Å². The highest BCUT2D eigenvalue weighted by molar-refractivity contribution is 6.39. The molecular weight excluding hydrogens is 442 g/mol. The molecule has 0 aliphatic carbocycles. The zero-order valence-corrected chi connectivity index (χ0v) is 21.3. The highest BCUT2D eigenvalue weighted by Crippen LogP contribution is 2.44. The summed E-state index contributed by atoms with van der Waals surface area (Å²) in [6.45, 7) is 14.1. The molecule has 2 aliphatic rings. The van der Waals surface area contributed by atoms with Crippen molar-refractivity contribution in [3.63, 3.8) is 0 Å². The molecular formula is C28H33N3O4. The van der Waals surface area contributed by atoms with Gasteiger partial charge in [0.05, 0.1) is 12.3 Å². The van der Waals surface area contributed by atoms with Crippen molar-refractivity contribution in [1.29, 1.82) is 0 Å². The first kappa shape index (κ1) is 24.5. The van der Waals surface area contributed by atoms with Crippen LogP contribution >= 0.6 is 0 Å². The number of nitrogens with one attached hydrogen (secondary N) is 1.